The third-order valence-electron chi connectivity index (χ3n) is 4.50. The first-order valence-electron chi connectivity index (χ1n) is 8.33. The lowest BCUT2D eigenvalue weighted by Crippen LogP contribution is -2.42. The Morgan fingerprint density at radius 1 is 1.44 bits per heavy atom. The summed E-state index contributed by atoms with van der Waals surface area (Å²) < 4.78 is 5.41. The first kappa shape index (κ1) is 15.9. The molecule has 3 aliphatic heterocycles. The van der Waals surface area contributed by atoms with E-state index in [9.17, 15) is 5.11 Å². The quantitative estimate of drug-likeness (QED) is 0.779. The highest BCUT2D eigenvalue weighted by atomic mass is 16.5. The standard InChI is InChI=1S/C18H21N5O2/c1-25-16-3-2-6-23-9-13(10-24)17(22-18(16)23)21-14-4-5-15-12(7-14)8-19-11-20-15/h2-7,13,19-20,24H,8-11H2,1H3. The van der Waals surface area contributed by atoms with Crippen molar-refractivity contribution in [1.29, 1.82) is 0 Å². The normalized spacial score (nSPS) is 23.4. The SMILES string of the molecule is COC1=CC=CN2CC(CO)C(=Nc3ccc4c(c3)CNCN4)N=C12. The van der Waals surface area contributed by atoms with Crippen LogP contribution in [0.1, 0.15) is 5.56 Å². The van der Waals surface area contributed by atoms with E-state index in [1.807, 2.05) is 35.4 Å². The van der Waals surface area contributed by atoms with Crippen LogP contribution in [-0.2, 0) is 11.3 Å². The van der Waals surface area contributed by atoms with Crippen molar-refractivity contribution in [2.24, 2.45) is 15.9 Å². The molecule has 0 saturated heterocycles. The van der Waals surface area contributed by atoms with Crippen molar-refractivity contribution in [1.82, 2.24) is 10.2 Å². The molecule has 7 heteroatoms. The van der Waals surface area contributed by atoms with E-state index < -0.39 is 0 Å². The molecule has 7 nitrogen and oxygen atoms in total. The molecule has 3 N–H and O–H groups in total. The van der Waals surface area contributed by atoms with Crippen LogP contribution in [0.4, 0.5) is 11.4 Å². The van der Waals surface area contributed by atoms with Crippen molar-refractivity contribution in [3.63, 3.8) is 0 Å². The highest BCUT2D eigenvalue weighted by molar-refractivity contribution is 6.09. The van der Waals surface area contributed by atoms with Gasteiger partial charge in [0, 0.05) is 25.0 Å². The van der Waals surface area contributed by atoms with Gasteiger partial charge in [0.2, 0.25) is 0 Å². The molecule has 0 aromatic heterocycles. The van der Waals surface area contributed by atoms with Crippen molar-refractivity contribution < 1.29 is 9.84 Å². The Bertz CT molecular complexity index is 797. The monoisotopic (exact) mass is 339 g/mol. The van der Waals surface area contributed by atoms with Crippen LogP contribution in [0, 0.1) is 5.92 Å². The van der Waals surface area contributed by atoms with Crippen LogP contribution in [0.25, 0.3) is 0 Å². The lowest BCUT2D eigenvalue weighted by molar-refractivity contribution is 0.239. The van der Waals surface area contributed by atoms with Crippen LogP contribution in [0.2, 0.25) is 0 Å². The van der Waals surface area contributed by atoms with E-state index in [4.69, 9.17) is 9.73 Å². The number of hydrogen-bond acceptors (Lipinski definition) is 6. The highest BCUT2D eigenvalue weighted by Gasteiger charge is 2.30. The maximum atomic E-state index is 9.78. The molecule has 0 bridgehead atoms. The van der Waals surface area contributed by atoms with E-state index >= 15 is 0 Å². The maximum Gasteiger partial charge on any atom is 0.177 e. The average molecular weight is 339 g/mol. The Balaban J connectivity index is 1.71. The Morgan fingerprint density at radius 2 is 2.36 bits per heavy atom. The number of anilines is 1. The minimum Gasteiger partial charge on any atom is -0.493 e. The van der Waals surface area contributed by atoms with Crippen molar-refractivity contribution in [2.75, 3.05) is 32.2 Å². The summed E-state index contributed by atoms with van der Waals surface area (Å²) in [6.45, 7) is 2.21. The summed E-state index contributed by atoms with van der Waals surface area (Å²) in [5.41, 5.74) is 3.14. The summed E-state index contributed by atoms with van der Waals surface area (Å²) in [6, 6.07) is 6.06. The van der Waals surface area contributed by atoms with E-state index in [1.54, 1.807) is 7.11 Å². The van der Waals surface area contributed by atoms with E-state index in [0.717, 1.165) is 30.4 Å². The predicted molar refractivity (Wildman–Crippen MR) is 97.8 cm³/mol. The number of nitrogens with one attached hydrogen (secondary N) is 2. The average Bonchev–Trinajstić information content (AvgIpc) is 2.67. The molecule has 0 spiro atoms. The highest BCUT2D eigenvalue weighted by Crippen LogP contribution is 2.27. The summed E-state index contributed by atoms with van der Waals surface area (Å²) in [5, 5.41) is 16.4. The molecular formula is C18H21N5O2. The Morgan fingerprint density at radius 3 is 3.20 bits per heavy atom. The molecule has 0 amide bonds. The smallest absolute Gasteiger partial charge is 0.177 e. The van der Waals surface area contributed by atoms with Gasteiger partial charge in [-0.1, -0.05) is 0 Å². The molecule has 130 valence electrons. The van der Waals surface area contributed by atoms with Crippen LogP contribution in [-0.4, -0.2) is 48.6 Å². The van der Waals surface area contributed by atoms with Crippen molar-refractivity contribution >= 4 is 23.0 Å². The third-order valence-corrected chi connectivity index (χ3v) is 4.50. The fourth-order valence-electron chi connectivity index (χ4n) is 3.18. The molecule has 0 fully saturated rings. The third kappa shape index (κ3) is 3.04. The van der Waals surface area contributed by atoms with Gasteiger partial charge in [-0.3, -0.25) is 5.32 Å². The number of fused-ring (bicyclic) bond motifs is 2. The van der Waals surface area contributed by atoms with Crippen LogP contribution in [0.3, 0.4) is 0 Å². The molecule has 3 heterocycles. The van der Waals surface area contributed by atoms with E-state index in [2.05, 4.69) is 21.7 Å². The number of hydrogen-bond donors (Lipinski definition) is 3. The second kappa shape index (κ2) is 6.70. The number of aliphatic hydroxyl groups is 1. The molecule has 4 rings (SSSR count). The first-order chi connectivity index (χ1) is 12.3. The number of aliphatic hydroxyl groups excluding tert-OH is 1. The van der Waals surface area contributed by atoms with Gasteiger partial charge >= 0.3 is 0 Å². The molecule has 1 atom stereocenters. The molecule has 1 aromatic carbocycles. The summed E-state index contributed by atoms with van der Waals surface area (Å²) in [7, 11) is 1.63. The van der Waals surface area contributed by atoms with Gasteiger partial charge in [0.05, 0.1) is 32.0 Å². The molecule has 3 aliphatic rings. The van der Waals surface area contributed by atoms with Gasteiger partial charge in [-0.2, -0.15) is 0 Å². The fraction of sp³-hybridized carbons (Fsp3) is 0.333. The second-order valence-electron chi connectivity index (χ2n) is 6.14. The molecule has 1 unspecified atom stereocenters. The lowest BCUT2D eigenvalue weighted by Gasteiger charge is -2.33. The van der Waals surface area contributed by atoms with E-state index in [0.29, 0.717) is 18.1 Å². The topological polar surface area (TPSA) is 81.5 Å². The van der Waals surface area contributed by atoms with Crippen LogP contribution in [0.5, 0.6) is 0 Å². The van der Waals surface area contributed by atoms with Gasteiger partial charge < -0.3 is 20.1 Å². The van der Waals surface area contributed by atoms with Gasteiger partial charge in [0.1, 0.15) is 5.84 Å². The first-order valence-corrected chi connectivity index (χ1v) is 8.33. The zero-order valence-electron chi connectivity index (χ0n) is 14.1. The van der Waals surface area contributed by atoms with E-state index in [1.165, 1.54) is 5.56 Å². The molecule has 0 radical (unpaired) electrons. The van der Waals surface area contributed by atoms with Gasteiger partial charge in [-0.25, -0.2) is 9.98 Å². The maximum absolute atomic E-state index is 9.78. The Kier molecular flexibility index (Phi) is 4.25. The van der Waals surface area contributed by atoms with Gasteiger partial charge in [-0.05, 0) is 35.9 Å². The minimum absolute atomic E-state index is 0.0000346. The fourth-order valence-corrected chi connectivity index (χ4v) is 3.18. The van der Waals surface area contributed by atoms with Gasteiger partial charge in [-0.15, -0.1) is 0 Å². The van der Waals surface area contributed by atoms with Crippen molar-refractivity contribution in [3.05, 3.63) is 47.9 Å². The largest absolute Gasteiger partial charge is 0.493 e. The molecule has 0 saturated carbocycles. The summed E-state index contributed by atoms with van der Waals surface area (Å²) >= 11 is 0. The van der Waals surface area contributed by atoms with Gasteiger partial charge in [0.15, 0.2) is 11.6 Å². The number of methoxy groups -OCH3 is 1. The molecule has 0 aliphatic carbocycles. The summed E-state index contributed by atoms with van der Waals surface area (Å²) in [5.74, 6) is 1.92. The van der Waals surface area contributed by atoms with E-state index in [-0.39, 0.29) is 12.5 Å². The lowest BCUT2D eigenvalue weighted by atomic mass is 10.1. The number of rotatable bonds is 3. The zero-order chi connectivity index (χ0) is 17.2. The van der Waals surface area contributed by atoms with Crippen molar-refractivity contribution in [3.8, 4) is 0 Å². The van der Waals surface area contributed by atoms with Crippen molar-refractivity contribution in [2.45, 2.75) is 6.54 Å². The van der Waals surface area contributed by atoms with Crippen LogP contribution >= 0.6 is 0 Å². The zero-order valence-corrected chi connectivity index (χ0v) is 14.1. The minimum atomic E-state index is -0.142. The number of amidine groups is 2. The van der Waals surface area contributed by atoms with Crippen LogP contribution < -0.4 is 10.6 Å². The number of nitrogens with zero attached hydrogens (tertiary/aromatic N) is 3. The summed E-state index contributed by atoms with van der Waals surface area (Å²) in [6.07, 6.45) is 5.73. The summed E-state index contributed by atoms with van der Waals surface area (Å²) in [4.78, 5) is 11.4. The second-order valence-corrected chi connectivity index (χ2v) is 6.14. The Labute approximate surface area is 146 Å². The number of benzene rings is 1. The predicted octanol–water partition coefficient (Wildman–Crippen LogP) is 1.57. The van der Waals surface area contributed by atoms with Crippen LogP contribution in [0.15, 0.2) is 52.3 Å². The number of allylic oxidation sites excluding steroid dienone is 2. The Hall–Kier alpha value is -2.64. The number of aliphatic imine (C=N–C) groups is 2. The molecule has 1 aromatic rings. The number of ether oxygens (including phenoxy) is 1. The van der Waals surface area contributed by atoms with Gasteiger partial charge in [0.25, 0.3) is 0 Å². The molecule has 25 heavy (non-hydrogen) atoms. The molecular weight excluding hydrogens is 318 g/mol.